The number of phenolic OH excluding ortho intramolecular Hbond substituents is 2. The predicted molar refractivity (Wildman–Crippen MR) is 262 cm³/mol. The van der Waals surface area contributed by atoms with E-state index in [2.05, 4.69) is 46.2 Å². The van der Waals surface area contributed by atoms with Crippen LogP contribution < -0.4 is 15.5 Å². The molecule has 6 aromatic rings. The lowest BCUT2D eigenvalue weighted by atomic mass is 9.58. The molecule has 0 radical (unpaired) electrons. The number of ether oxygens (including phenoxy) is 1. The van der Waals surface area contributed by atoms with Crippen LogP contribution in [0.4, 0.5) is 0 Å². The highest BCUT2D eigenvalue weighted by Crippen LogP contribution is 2.56. The van der Waals surface area contributed by atoms with E-state index in [0.29, 0.717) is 81.8 Å². The van der Waals surface area contributed by atoms with Crippen molar-refractivity contribution in [3.8, 4) is 22.9 Å². The lowest BCUT2D eigenvalue weighted by Crippen LogP contribution is -2.58. The van der Waals surface area contributed by atoms with Crippen molar-refractivity contribution < 1.29 is 59.5 Å². The van der Waals surface area contributed by atoms with Gasteiger partial charge in [-0.25, -0.2) is 9.78 Å². The van der Waals surface area contributed by atoms with Crippen molar-refractivity contribution in [2.24, 2.45) is 23.2 Å². The molecule has 16 nitrogen and oxygen atoms in total. The molecule has 9 N–H and O–H groups in total. The van der Waals surface area contributed by atoms with Gasteiger partial charge in [0.15, 0.2) is 16.8 Å². The number of aliphatic hydroxyl groups excluding tert-OH is 4. The number of phenols is 2. The van der Waals surface area contributed by atoms with Gasteiger partial charge in [-0.05, 0) is 111 Å². The van der Waals surface area contributed by atoms with Gasteiger partial charge in [0.1, 0.15) is 65.2 Å². The second kappa shape index (κ2) is 18.1. The van der Waals surface area contributed by atoms with E-state index in [1.54, 1.807) is 13.0 Å². The Labute approximate surface area is 409 Å². The largest absolute Gasteiger partial charge is 0.508 e. The maximum Gasteiger partial charge on any atom is 0.226 e. The minimum atomic E-state index is -2.42. The number of carbonyl (C=O) groups is 1. The molecular formula is C55H63N3O13. The fourth-order valence-corrected chi connectivity index (χ4v) is 13.3. The zero-order valence-corrected chi connectivity index (χ0v) is 40.0. The predicted octanol–water partition coefficient (Wildman–Crippen LogP) is 5.76. The highest BCUT2D eigenvalue weighted by atomic mass is 17.2. The van der Waals surface area contributed by atoms with E-state index in [-0.39, 0.29) is 41.1 Å². The normalized spacial score (nSPS) is 27.2. The number of aromatic hydroxyl groups is 2. The molecule has 376 valence electrons. The Bertz CT molecular complexity index is 3140. The van der Waals surface area contributed by atoms with Gasteiger partial charge in [-0.3, -0.25) is 9.59 Å². The van der Waals surface area contributed by atoms with Crippen LogP contribution in [0.3, 0.4) is 0 Å². The van der Waals surface area contributed by atoms with Crippen molar-refractivity contribution >= 4 is 38.6 Å². The molecule has 1 amide bonds. The summed E-state index contributed by atoms with van der Waals surface area (Å²) >= 11 is 0. The summed E-state index contributed by atoms with van der Waals surface area (Å²) in [4.78, 5) is 44.6. The van der Waals surface area contributed by atoms with E-state index in [4.69, 9.17) is 18.9 Å². The lowest BCUT2D eigenvalue weighted by Gasteiger charge is -2.49. The lowest BCUT2D eigenvalue weighted by molar-refractivity contribution is -0.373. The third-order valence-electron chi connectivity index (χ3n) is 16.8. The van der Waals surface area contributed by atoms with E-state index >= 15 is 0 Å². The molecule has 2 fully saturated rings. The summed E-state index contributed by atoms with van der Waals surface area (Å²) in [6.45, 7) is 2.66. The van der Waals surface area contributed by atoms with E-state index < -0.39 is 60.7 Å². The molecule has 71 heavy (non-hydrogen) atoms. The van der Waals surface area contributed by atoms with E-state index in [9.17, 15) is 45.3 Å². The Hall–Kier alpha value is -5.72. The molecule has 1 saturated heterocycles. The molecule has 3 aromatic carbocycles. The van der Waals surface area contributed by atoms with Gasteiger partial charge in [-0.2, -0.15) is 0 Å². The first-order chi connectivity index (χ1) is 34.1. The fraction of sp³-hybridized carbons (Fsp3) is 0.491. The van der Waals surface area contributed by atoms with Crippen molar-refractivity contribution in [3.05, 3.63) is 105 Å². The number of nitrogens with one attached hydrogen (secondary N) is 2. The molecular weight excluding hydrogens is 911 g/mol. The Morgan fingerprint density at radius 1 is 0.986 bits per heavy atom. The number of fused-ring (bicyclic) bond motifs is 4. The molecule has 9 bridgehead atoms. The van der Waals surface area contributed by atoms with E-state index in [1.165, 1.54) is 36.4 Å². The molecule has 7 heterocycles. The Morgan fingerprint density at radius 2 is 1.82 bits per heavy atom. The van der Waals surface area contributed by atoms with Crippen molar-refractivity contribution in [3.63, 3.8) is 0 Å². The fourth-order valence-electron chi connectivity index (χ4n) is 13.3. The minimum absolute atomic E-state index is 0.0510. The third-order valence-corrected chi connectivity index (χ3v) is 16.8. The summed E-state index contributed by atoms with van der Waals surface area (Å²) in [6.07, 6.45) is 7.06. The number of hydrogen-bond donors (Lipinski definition) is 9. The van der Waals surface area contributed by atoms with Crippen molar-refractivity contribution in [2.45, 2.75) is 127 Å². The van der Waals surface area contributed by atoms with Gasteiger partial charge in [-0.15, -0.1) is 0 Å². The maximum absolute atomic E-state index is 14.2. The third kappa shape index (κ3) is 8.02. The number of hydrogen-bond acceptors (Lipinski definition) is 13. The summed E-state index contributed by atoms with van der Waals surface area (Å²) in [5, 5.41) is 82.1. The SMILES string of the molecule is CCc1c2cc3[nH]c2cn1-c1c2c(cc4c(=O)cc(C)oc14)C[C@@H](OOC[C@@](O)(Cc1ccc(O)c4ccc(O)cc14)[C@@H](O)[C@H](O)[C@H](O)CO)[C@]1(CC=C[C@@H](C1)[C@H]1CNC(=O)[C@@]14CCC[C@H](CCC3)C4)O2. The number of rotatable bonds is 11. The summed E-state index contributed by atoms with van der Waals surface area (Å²) in [5.74, 6) is 1.04. The van der Waals surface area contributed by atoms with Gasteiger partial charge in [0.25, 0.3) is 0 Å². The van der Waals surface area contributed by atoms with Crippen LogP contribution >= 0.6 is 0 Å². The monoisotopic (exact) mass is 973 g/mol. The number of aromatic nitrogens is 2. The summed E-state index contributed by atoms with van der Waals surface area (Å²) in [6, 6.07) is 12.7. The number of H-pyrrole nitrogens is 1. The average Bonchev–Trinajstić information content (AvgIpc) is 4.00. The van der Waals surface area contributed by atoms with Crippen LogP contribution in [0.25, 0.3) is 38.3 Å². The number of carbonyl (C=O) groups excluding carboxylic acids is 1. The second-order valence-electron chi connectivity index (χ2n) is 21.2. The smallest absolute Gasteiger partial charge is 0.226 e. The summed E-state index contributed by atoms with van der Waals surface area (Å²) in [5.41, 5.74) is 0.651. The number of allylic oxidation sites excluding steroid dienone is 1. The van der Waals surface area contributed by atoms with Crippen molar-refractivity contribution in [2.75, 3.05) is 19.8 Å². The Morgan fingerprint density at radius 3 is 2.63 bits per heavy atom. The molecule has 0 unspecified atom stereocenters. The van der Waals surface area contributed by atoms with Gasteiger partial charge in [0.2, 0.25) is 5.91 Å². The standard InChI is InChI=1S/C55H63N3O13/c1-3-42-38-20-34-10-4-7-30-8-5-15-53(22-30)40(25-56-52(53)66)32-9-6-16-55(24-32)46(19-33-18-39-44(62)17-29(2)69-50(39)47(49(33)70-55)58(42)26-41(38)57-34)71-68-28-54(67,51(65)48(64)45(63)27-59)23-31-11-14-43(61)36-13-12-35(60)21-37(31)36/h6,9,11-14,17-18,20-21,26,30,32,40,45-46,48,51,57,59-61,63-65,67H,3-5,7-8,10,15-16,19,22-25,27-28H2,1-2H3,(H,56,66)/t30-,32-,40+,45+,46+,48+,51-,53+,54-,55+/m0/s1. The van der Waals surface area contributed by atoms with Crippen LogP contribution in [0.2, 0.25) is 0 Å². The van der Waals surface area contributed by atoms with Crippen molar-refractivity contribution in [1.29, 1.82) is 0 Å². The van der Waals surface area contributed by atoms with Crippen LogP contribution in [0.1, 0.15) is 86.6 Å². The van der Waals surface area contributed by atoms with Gasteiger partial charge < -0.3 is 59.8 Å². The first kappa shape index (κ1) is 47.6. The minimum Gasteiger partial charge on any atom is -0.508 e. The first-order valence-corrected chi connectivity index (χ1v) is 25.2. The zero-order valence-electron chi connectivity index (χ0n) is 40.0. The summed E-state index contributed by atoms with van der Waals surface area (Å²) in [7, 11) is 0. The molecule has 3 aromatic heterocycles. The van der Waals surface area contributed by atoms with Crippen LogP contribution in [0.5, 0.6) is 17.2 Å². The first-order valence-electron chi connectivity index (χ1n) is 25.2. The molecule has 6 aliphatic rings. The molecule has 2 spiro atoms. The molecule has 12 rings (SSSR count). The van der Waals surface area contributed by atoms with Crippen molar-refractivity contribution in [1.82, 2.24) is 14.9 Å². The number of aromatic amines is 1. The van der Waals surface area contributed by atoms with Crippen LogP contribution in [-0.4, -0.2) is 107 Å². The average molecular weight is 974 g/mol. The van der Waals surface area contributed by atoms with Crippen LogP contribution in [0.15, 0.2) is 76.1 Å². The molecule has 16 heteroatoms. The van der Waals surface area contributed by atoms with E-state index in [1.807, 2.05) is 0 Å². The topological polar surface area (TPSA) is 249 Å². The number of nitrogens with zero attached hydrogens (tertiary/aromatic N) is 1. The van der Waals surface area contributed by atoms with Crippen LogP contribution in [0, 0.1) is 30.1 Å². The maximum atomic E-state index is 14.2. The second-order valence-corrected chi connectivity index (χ2v) is 21.2. The Balaban J connectivity index is 1.04. The Kier molecular flexibility index (Phi) is 12.1. The molecule has 4 aliphatic heterocycles. The van der Waals surface area contributed by atoms with Crippen LogP contribution in [-0.2, 0) is 40.3 Å². The highest BCUT2D eigenvalue weighted by Gasteiger charge is 2.58. The van der Waals surface area contributed by atoms with Gasteiger partial charge in [0.05, 0.1) is 22.9 Å². The van der Waals surface area contributed by atoms with Gasteiger partial charge in [0, 0.05) is 65.8 Å². The zero-order chi connectivity index (χ0) is 49.6. The summed E-state index contributed by atoms with van der Waals surface area (Å²) < 4.78 is 16.2. The number of amides is 1. The quantitative estimate of drug-likeness (QED) is 0.0426. The van der Waals surface area contributed by atoms with E-state index in [0.717, 1.165) is 67.2 Å². The highest BCUT2D eigenvalue weighted by molar-refractivity contribution is 5.93. The molecule has 1 saturated carbocycles. The van der Waals surface area contributed by atoms with Gasteiger partial charge >= 0.3 is 0 Å². The number of benzene rings is 3. The number of aryl methyl sites for hydroxylation is 3. The number of aliphatic hydroxyl groups is 5. The molecule has 10 atom stereocenters. The molecule has 2 aliphatic carbocycles. The van der Waals surface area contributed by atoms with Gasteiger partial charge in [-0.1, -0.05) is 44.4 Å².